The summed E-state index contributed by atoms with van der Waals surface area (Å²) in [7, 11) is -2.79. The minimum atomic E-state index is -4.68. The SMILES string of the molecule is COCCOc1ncccc1CNC(=O)CNS(=O)(=O)c1cccc(C(F)(F)F)c1. The van der Waals surface area contributed by atoms with Crippen molar-refractivity contribution in [3.8, 4) is 5.88 Å². The first-order chi connectivity index (χ1) is 14.1. The Bertz CT molecular complexity index is 968. The van der Waals surface area contributed by atoms with Crippen molar-refractivity contribution in [3.05, 3.63) is 53.7 Å². The summed E-state index contributed by atoms with van der Waals surface area (Å²) in [5.41, 5.74) is -0.546. The number of methoxy groups -OCH3 is 1. The van der Waals surface area contributed by atoms with E-state index in [2.05, 4.69) is 10.3 Å². The lowest BCUT2D eigenvalue weighted by atomic mass is 10.2. The number of hydrogen-bond acceptors (Lipinski definition) is 6. The number of rotatable bonds is 10. The van der Waals surface area contributed by atoms with E-state index in [9.17, 15) is 26.4 Å². The monoisotopic (exact) mass is 447 g/mol. The Morgan fingerprint density at radius 3 is 2.63 bits per heavy atom. The Kier molecular flexibility index (Phi) is 8.15. The molecule has 0 fully saturated rings. The summed E-state index contributed by atoms with van der Waals surface area (Å²) < 4.78 is 74.9. The molecule has 1 amide bonds. The highest BCUT2D eigenvalue weighted by Crippen LogP contribution is 2.30. The number of pyridine rings is 1. The molecule has 1 aromatic carbocycles. The van der Waals surface area contributed by atoms with Gasteiger partial charge in [0.15, 0.2) is 0 Å². The molecule has 0 aliphatic rings. The van der Waals surface area contributed by atoms with Crippen molar-refractivity contribution in [1.82, 2.24) is 15.0 Å². The Balaban J connectivity index is 1.94. The maximum atomic E-state index is 12.8. The van der Waals surface area contributed by atoms with E-state index in [1.807, 2.05) is 4.72 Å². The number of alkyl halides is 3. The number of amides is 1. The van der Waals surface area contributed by atoms with Gasteiger partial charge >= 0.3 is 6.18 Å². The molecular formula is C18H20F3N3O5S. The van der Waals surface area contributed by atoms with Gasteiger partial charge < -0.3 is 14.8 Å². The zero-order valence-electron chi connectivity index (χ0n) is 15.9. The molecule has 2 N–H and O–H groups in total. The minimum Gasteiger partial charge on any atom is -0.475 e. The molecule has 0 aliphatic heterocycles. The van der Waals surface area contributed by atoms with E-state index in [4.69, 9.17) is 9.47 Å². The second-order valence-electron chi connectivity index (χ2n) is 5.94. The van der Waals surface area contributed by atoms with E-state index >= 15 is 0 Å². The lowest BCUT2D eigenvalue weighted by Gasteiger charge is -2.12. The predicted molar refractivity (Wildman–Crippen MR) is 100 cm³/mol. The fourth-order valence-corrected chi connectivity index (χ4v) is 3.28. The second kappa shape index (κ2) is 10.4. The average molecular weight is 447 g/mol. The standard InChI is InChI=1S/C18H20F3N3O5S/c1-28-8-9-29-17-13(4-3-7-22-17)11-23-16(25)12-24-30(26,27)15-6-2-5-14(10-15)18(19,20)21/h2-7,10,24H,8-9,11-12H2,1H3,(H,23,25). The van der Waals surface area contributed by atoms with Gasteiger partial charge in [0.05, 0.1) is 23.6 Å². The van der Waals surface area contributed by atoms with Crippen LogP contribution in [0, 0.1) is 0 Å². The summed E-state index contributed by atoms with van der Waals surface area (Å²) in [4.78, 5) is 15.5. The van der Waals surface area contributed by atoms with Gasteiger partial charge in [0.1, 0.15) is 6.61 Å². The topological polar surface area (TPSA) is 107 Å². The van der Waals surface area contributed by atoms with Crippen molar-refractivity contribution < 1.29 is 35.9 Å². The number of halogens is 3. The van der Waals surface area contributed by atoms with Crippen LogP contribution in [0.4, 0.5) is 13.2 Å². The second-order valence-corrected chi connectivity index (χ2v) is 7.70. The Morgan fingerprint density at radius 2 is 1.93 bits per heavy atom. The molecule has 0 saturated heterocycles. The van der Waals surface area contributed by atoms with E-state index in [0.717, 1.165) is 18.2 Å². The summed E-state index contributed by atoms with van der Waals surface area (Å²) in [6, 6.07) is 6.55. The van der Waals surface area contributed by atoms with E-state index in [-0.39, 0.29) is 13.2 Å². The molecule has 0 atom stereocenters. The number of nitrogens with one attached hydrogen (secondary N) is 2. The number of carbonyl (C=O) groups excluding carboxylic acids is 1. The highest BCUT2D eigenvalue weighted by Gasteiger charge is 2.31. The molecule has 1 aromatic heterocycles. The molecule has 8 nitrogen and oxygen atoms in total. The van der Waals surface area contributed by atoms with Crippen molar-refractivity contribution in [3.63, 3.8) is 0 Å². The fraction of sp³-hybridized carbons (Fsp3) is 0.333. The zero-order chi connectivity index (χ0) is 22.2. The molecule has 0 aliphatic carbocycles. The van der Waals surface area contributed by atoms with Crippen LogP contribution in [0.15, 0.2) is 47.5 Å². The predicted octanol–water partition coefficient (Wildman–Crippen LogP) is 1.72. The first kappa shape index (κ1) is 23.6. The maximum Gasteiger partial charge on any atom is 0.416 e. The van der Waals surface area contributed by atoms with Crippen LogP contribution < -0.4 is 14.8 Å². The van der Waals surface area contributed by atoms with Crippen molar-refractivity contribution in [2.24, 2.45) is 0 Å². The quantitative estimate of drug-likeness (QED) is 0.538. The largest absolute Gasteiger partial charge is 0.475 e. The van der Waals surface area contributed by atoms with Gasteiger partial charge in [-0.15, -0.1) is 0 Å². The molecule has 2 rings (SSSR count). The number of hydrogen-bond donors (Lipinski definition) is 2. The van der Waals surface area contributed by atoms with Gasteiger partial charge in [-0.2, -0.15) is 13.2 Å². The van der Waals surface area contributed by atoms with Gasteiger partial charge in [0, 0.05) is 25.4 Å². The summed E-state index contributed by atoms with van der Waals surface area (Å²) in [6.45, 7) is -0.0378. The summed E-state index contributed by atoms with van der Waals surface area (Å²) >= 11 is 0. The van der Waals surface area contributed by atoms with E-state index in [1.165, 1.54) is 13.3 Å². The number of sulfonamides is 1. The molecule has 0 radical (unpaired) electrons. The number of benzene rings is 1. The van der Waals surface area contributed by atoms with E-state index in [1.54, 1.807) is 12.1 Å². The summed E-state index contributed by atoms with van der Waals surface area (Å²) in [5.74, 6) is -0.392. The third-order valence-electron chi connectivity index (χ3n) is 3.75. The maximum absolute atomic E-state index is 12.8. The molecule has 1 heterocycles. The fourth-order valence-electron chi connectivity index (χ4n) is 2.25. The summed E-state index contributed by atoms with van der Waals surface area (Å²) in [5, 5.41) is 2.49. The van der Waals surface area contributed by atoms with Crippen molar-refractivity contribution in [1.29, 1.82) is 0 Å². The number of nitrogens with zero attached hydrogens (tertiary/aromatic N) is 1. The molecule has 0 saturated carbocycles. The molecule has 0 unspecified atom stereocenters. The van der Waals surface area contributed by atoms with Gasteiger partial charge in [-0.05, 0) is 24.3 Å². The third-order valence-corrected chi connectivity index (χ3v) is 5.15. The highest BCUT2D eigenvalue weighted by atomic mass is 32.2. The molecule has 0 spiro atoms. The lowest BCUT2D eigenvalue weighted by molar-refractivity contribution is -0.137. The first-order valence-electron chi connectivity index (χ1n) is 8.63. The van der Waals surface area contributed by atoms with Gasteiger partial charge in [-0.3, -0.25) is 4.79 Å². The van der Waals surface area contributed by atoms with Crippen LogP contribution in [-0.4, -0.2) is 46.2 Å². The van der Waals surface area contributed by atoms with Crippen LogP contribution in [0.5, 0.6) is 5.88 Å². The van der Waals surface area contributed by atoms with Crippen LogP contribution in [0.25, 0.3) is 0 Å². The van der Waals surface area contributed by atoms with Gasteiger partial charge in [0.25, 0.3) is 0 Å². The molecule has 164 valence electrons. The molecule has 30 heavy (non-hydrogen) atoms. The van der Waals surface area contributed by atoms with Crippen molar-refractivity contribution in [2.75, 3.05) is 26.9 Å². The van der Waals surface area contributed by atoms with Crippen molar-refractivity contribution in [2.45, 2.75) is 17.6 Å². The molecule has 2 aromatic rings. The lowest BCUT2D eigenvalue weighted by Crippen LogP contribution is -2.36. The first-order valence-corrected chi connectivity index (χ1v) is 10.1. The molecule has 12 heteroatoms. The smallest absolute Gasteiger partial charge is 0.416 e. The molecular weight excluding hydrogens is 427 g/mol. The van der Waals surface area contributed by atoms with E-state index in [0.29, 0.717) is 24.1 Å². The Hall–Kier alpha value is -2.70. The third kappa shape index (κ3) is 6.97. The molecule has 0 bridgehead atoms. The zero-order valence-corrected chi connectivity index (χ0v) is 16.7. The highest BCUT2D eigenvalue weighted by molar-refractivity contribution is 7.89. The van der Waals surface area contributed by atoms with Crippen LogP contribution in [0.3, 0.4) is 0 Å². The average Bonchev–Trinajstić information content (AvgIpc) is 2.71. The van der Waals surface area contributed by atoms with Gasteiger partial charge in [-0.25, -0.2) is 18.1 Å². The van der Waals surface area contributed by atoms with Crippen LogP contribution in [0.2, 0.25) is 0 Å². The number of aromatic nitrogens is 1. The van der Waals surface area contributed by atoms with E-state index < -0.39 is 39.1 Å². The Labute approximate surface area is 171 Å². The number of carbonyl (C=O) groups is 1. The number of ether oxygens (including phenoxy) is 2. The van der Waals surface area contributed by atoms with Gasteiger partial charge in [0.2, 0.25) is 21.8 Å². The Morgan fingerprint density at radius 1 is 1.17 bits per heavy atom. The van der Waals surface area contributed by atoms with Crippen molar-refractivity contribution >= 4 is 15.9 Å². The van der Waals surface area contributed by atoms with Crippen LogP contribution in [0.1, 0.15) is 11.1 Å². The van der Waals surface area contributed by atoms with Crippen LogP contribution in [-0.2, 0) is 32.3 Å². The van der Waals surface area contributed by atoms with Gasteiger partial charge in [-0.1, -0.05) is 12.1 Å². The van der Waals surface area contributed by atoms with Crippen LogP contribution >= 0.6 is 0 Å². The summed E-state index contributed by atoms with van der Waals surface area (Å²) in [6.07, 6.45) is -3.17. The normalized spacial score (nSPS) is 11.9. The minimum absolute atomic E-state index is 0.0142.